The molecule has 1 atom stereocenters. The van der Waals surface area contributed by atoms with E-state index in [1.807, 2.05) is 44.2 Å². The van der Waals surface area contributed by atoms with Gasteiger partial charge in [0.05, 0.1) is 6.04 Å². The Morgan fingerprint density at radius 3 is 2.17 bits per heavy atom. The van der Waals surface area contributed by atoms with Crippen LogP contribution in [0.1, 0.15) is 48.7 Å². The van der Waals surface area contributed by atoms with Gasteiger partial charge in [0.2, 0.25) is 5.91 Å². The molecular formula is C20H22FNO2. The molecule has 4 heteroatoms. The second-order valence-corrected chi connectivity index (χ2v) is 6.13. The molecule has 126 valence electrons. The third-order valence-electron chi connectivity index (χ3n) is 3.89. The number of rotatable bonds is 7. The minimum Gasteiger partial charge on any atom is -0.349 e. The van der Waals surface area contributed by atoms with Crippen LogP contribution in [0, 0.1) is 11.7 Å². The first kappa shape index (κ1) is 17.9. The number of halogens is 1. The lowest BCUT2D eigenvalue weighted by Crippen LogP contribution is -2.31. The number of amides is 1. The lowest BCUT2D eigenvalue weighted by atomic mass is 9.95. The predicted octanol–water partition coefficient (Wildman–Crippen LogP) is 4.30. The molecule has 0 saturated carbocycles. The van der Waals surface area contributed by atoms with Crippen LogP contribution in [-0.4, -0.2) is 11.7 Å². The predicted molar refractivity (Wildman–Crippen MR) is 92.1 cm³/mol. The molecule has 0 heterocycles. The average Bonchev–Trinajstić information content (AvgIpc) is 2.58. The summed E-state index contributed by atoms with van der Waals surface area (Å²) in [4.78, 5) is 24.2. The topological polar surface area (TPSA) is 46.2 Å². The molecular weight excluding hydrogens is 305 g/mol. The summed E-state index contributed by atoms with van der Waals surface area (Å²) in [6.45, 7) is 4.09. The third-order valence-corrected chi connectivity index (χ3v) is 3.89. The molecule has 2 rings (SSSR count). The van der Waals surface area contributed by atoms with Crippen LogP contribution in [0.25, 0.3) is 0 Å². The lowest BCUT2D eigenvalue weighted by Gasteiger charge is -2.23. The Kier molecular flexibility index (Phi) is 6.24. The van der Waals surface area contributed by atoms with Crippen molar-refractivity contribution in [1.82, 2.24) is 5.32 Å². The molecule has 1 amide bonds. The van der Waals surface area contributed by atoms with E-state index in [1.165, 1.54) is 24.3 Å². The summed E-state index contributed by atoms with van der Waals surface area (Å²) in [5.74, 6) is -0.463. The van der Waals surface area contributed by atoms with Crippen molar-refractivity contribution in [2.75, 3.05) is 0 Å². The maximum atomic E-state index is 12.9. The van der Waals surface area contributed by atoms with Gasteiger partial charge in [0.1, 0.15) is 5.82 Å². The summed E-state index contributed by atoms with van der Waals surface area (Å²) in [6, 6.07) is 15.1. The zero-order valence-corrected chi connectivity index (χ0v) is 14.0. The summed E-state index contributed by atoms with van der Waals surface area (Å²) in [5, 5.41) is 3.00. The zero-order chi connectivity index (χ0) is 17.5. The molecule has 0 aliphatic carbocycles. The number of carbonyl (C=O) groups is 2. The van der Waals surface area contributed by atoms with Crippen LogP contribution in [0.2, 0.25) is 0 Å². The molecule has 0 radical (unpaired) electrons. The fourth-order valence-corrected chi connectivity index (χ4v) is 2.55. The highest BCUT2D eigenvalue weighted by Gasteiger charge is 2.18. The van der Waals surface area contributed by atoms with Crippen molar-refractivity contribution >= 4 is 11.7 Å². The lowest BCUT2D eigenvalue weighted by molar-refractivity contribution is -0.122. The molecule has 0 unspecified atom stereocenters. The summed E-state index contributed by atoms with van der Waals surface area (Å²) in [7, 11) is 0. The van der Waals surface area contributed by atoms with Crippen molar-refractivity contribution in [1.29, 1.82) is 0 Å². The molecule has 1 N–H and O–H groups in total. The molecule has 0 spiro atoms. The Hall–Kier alpha value is -2.49. The van der Waals surface area contributed by atoms with Crippen molar-refractivity contribution in [3.05, 3.63) is 71.5 Å². The smallest absolute Gasteiger partial charge is 0.220 e. The highest BCUT2D eigenvalue weighted by molar-refractivity contribution is 5.97. The minimum atomic E-state index is -0.382. The maximum absolute atomic E-state index is 12.9. The monoisotopic (exact) mass is 327 g/mol. The van der Waals surface area contributed by atoms with Crippen LogP contribution in [0.3, 0.4) is 0 Å². The summed E-state index contributed by atoms with van der Waals surface area (Å²) in [5.41, 5.74) is 1.47. The third kappa shape index (κ3) is 5.01. The SMILES string of the molecule is CC(C)[C@@H](NC(=O)CCC(=O)c1ccc(F)cc1)c1ccccc1. The van der Waals surface area contributed by atoms with Crippen molar-refractivity contribution in [3.8, 4) is 0 Å². The Balaban J connectivity index is 1.92. The first-order valence-electron chi connectivity index (χ1n) is 8.10. The van der Waals surface area contributed by atoms with Crippen LogP contribution in [0.4, 0.5) is 4.39 Å². The van der Waals surface area contributed by atoms with Crippen molar-refractivity contribution in [3.63, 3.8) is 0 Å². The van der Waals surface area contributed by atoms with E-state index >= 15 is 0 Å². The molecule has 0 aliphatic heterocycles. The summed E-state index contributed by atoms with van der Waals surface area (Å²) >= 11 is 0. The number of hydrogen-bond donors (Lipinski definition) is 1. The van der Waals surface area contributed by atoms with Gasteiger partial charge in [-0.2, -0.15) is 0 Å². The van der Waals surface area contributed by atoms with Crippen molar-refractivity contribution < 1.29 is 14.0 Å². The van der Waals surface area contributed by atoms with E-state index in [0.29, 0.717) is 5.56 Å². The molecule has 3 nitrogen and oxygen atoms in total. The summed E-state index contributed by atoms with van der Waals surface area (Å²) in [6.07, 6.45) is 0.226. The Morgan fingerprint density at radius 1 is 0.958 bits per heavy atom. The highest BCUT2D eigenvalue weighted by atomic mass is 19.1. The molecule has 0 fully saturated rings. The van der Waals surface area contributed by atoms with Gasteiger partial charge >= 0.3 is 0 Å². The van der Waals surface area contributed by atoms with Gasteiger partial charge in [-0.15, -0.1) is 0 Å². The zero-order valence-electron chi connectivity index (χ0n) is 14.0. The standard InChI is InChI=1S/C20H22FNO2/c1-14(2)20(16-6-4-3-5-7-16)22-19(24)13-12-18(23)15-8-10-17(21)11-9-15/h3-11,14,20H,12-13H2,1-2H3,(H,22,24)/t20-/m1/s1. The van der Waals surface area contributed by atoms with Crippen molar-refractivity contribution in [2.45, 2.75) is 32.7 Å². The molecule has 24 heavy (non-hydrogen) atoms. The number of nitrogens with one attached hydrogen (secondary N) is 1. The van der Waals surface area contributed by atoms with E-state index in [2.05, 4.69) is 5.32 Å². The highest BCUT2D eigenvalue weighted by Crippen LogP contribution is 2.21. The van der Waals surface area contributed by atoms with Gasteiger partial charge in [-0.1, -0.05) is 44.2 Å². The van der Waals surface area contributed by atoms with Gasteiger partial charge in [0.15, 0.2) is 5.78 Å². The van der Waals surface area contributed by atoms with E-state index in [4.69, 9.17) is 0 Å². The van der Waals surface area contributed by atoms with Gasteiger partial charge in [-0.25, -0.2) is 4.39 Å². The quantitative estimate of drug-likeness (QED) is 0.771. The fourth-order valence-electron chi connectivity index (χ4n) is 2.55. The van der Waals surface area contributed by atoms with E-state index in [0.717, 1.165) is 5.56 Å². The van der Waals surface area contributed by atoms with Crippen LogP contribution in [0.5, 0.6) is 0 Å². The van der Waals surface area contributed by atoms with E-state index < -0.39 is 0 Å². The van der Waals surface area contributed by atoms with Crippen molar-refractivity contribution in [2.24, 2.45) is 5.92 Å². The first-order chi connectivity index (χ1) is 11.5. The van der Waals surface area contributed by atoms with E-state index in [1.54, 1.807) is 0 Å². The Labute approximate surface area is 141 Å². The molecule has 2 aromatic rings. The van der Waals surface area contributed by atoms with Gasteiger partial charge in [-0.05, 0) is 35.7 Å². The molecule has 0 aromatic heterocycles. The van der Waals surface area contributed by atoms with Gasteiger partial charge in [-0.3, -0.25) is 9.59 Å². The maximum Gasteiger partial charge on any atom is 0.220 e. The average molecular weight is 327 g/mol. The number of ketones is 1. The molecule has 0 bridgehead atoms. The minimum absolute atomic E-state index is 0.0837. The molecule has 0 saturated heterocycles. The molecule has 0 aliphatic rings. The fraction of sp³-hybridized carbons (Fsp3) is 0.300. The van der Waals surface area contributed by atoms with Gasteiger partial charge < -0.3 is 5.32 Å². The van der Waals surface area contributed by atoms with Crippen LogP contribution in [-0.2, 0) is 4.79 Å². The largest absolute Gasteiger partial charge is 0.349 e. The first-order valence-corrected chi connectivity index (χ1v) is 8.10. The Bertz CT molecular complexity index is 681. The van der Waals surface area contributed by atoms with Crippen LogP contribution in [0.15, 0.2) is 54.6 Å². The second-order valence-electron chi connectivity index (χ2n) is 6.13. The number of carbonyl (C=O) groups excluding carboxylic acids is 2. The number of Topliss-reactive ketones (excluding diaryl/α,β-unsaturated/α-hetero) is 1. The number of hydrogen-bond acceptors (Lipinski definition) is 2. The molecule has 2 aromatic carbocycles. The normalized spacial score (nSPS) is 12.0. The summed E-state index contributed by atoms with van der Waals surface area (Å²) < 4.78 is 12.9. The van der Waals surface area contributed by atoms with Gasteiger partial charge in [0.25, 0.3) is 0 Å². The van der Waals surface area contributed by atoms with Crippen LogP contribution >= 0.6 is 0 Å². The number of benzene rings is 2. The second kappa shape index (κ2) is 8.39. The van der Waals surface area contributed by atoms with Crippen LogP contribution < -0.4 is 5.32 Å². The Morgan fingerprint density at radius 2 is 1.58 bits per heavy atom. The van der Waals surface area contributed by atoms with Gasteiger partial charge in [0, 0.05) is 18.4 Å². The van der Waals surface area contributed by atoms with E-state index in [-0.39, 0.29) is 42.3 Å². The van der Waals surface area contributed by atoms with E-state index in [9.17, 15) is 14.0 Å².